The van der Waals surface area contributed by atoms with Crippen molar-refractivity contribution < 1.29 is 14.7 Å². The van der Waals surface area contributed by atoms with E-state index in [0.717, 1.165) is 19.3 Å². The second-order valence-electron chi connectivity index (χ2n) is 6.42. The van der Waals surface area contributed by atoms with E-state index in [4.69, 9.17) is 0 Å². The van der Waals surface area contributed by atoms with Gasteiger partial charge in [-0.3, -0.25) is 14.9 Å². The van der Waals surface area contributed by atoms with E-state index in [2.05, 4.69) is 5.32 Å². The van der Waals surface area contributed by atoms with Crippen molar-refractivity contribution in [3.8, 4) is 0 Å². The third-order valence-corrected chi connectivity index (χ3v) is 4.51. The summed E-state index contributed by atoms with van der Waals surface area (Å²) < 4.78 is 0. The van der Waals surface area contributed by atoms with Crippen molar-refractivity contribution in [2.75, 3.05) is 6.54 Å². The lowest BCUT2D eigenvalue weighted by molar-refractivity contribution is -0.141. The Kier molecular flexibility index (Phi) is 7.15. The molecular formula is C16H30N2O3. The lowest BCUT2D eigenvalue weighted by Crippen LogP contribution is -2.51. The number of hydrogen-bond acceptors (Lipinski definition) is 3. The average molecular weight is 298 g/mol. The fourth-order valence-corrected chi connectivity index (χ4v) is 3.15. The van der Waals surface area contributed by atoms with Gasteiger partial charge >= 0.3 is 5.97 Å². The van der Waals surface area contributed by atoms with Crippen molar-refractivity contribution in [3.05, 3.63) is 0 Å². The van der Waals surface area contributed by atoms with Gasteiger partial charge in [0.1, 0.15) is 6.04 Å². The van der Waals surface area contributed by atoms with Gasteiger partial charge < -0.3 is 10.0 Å². The van der Waals surface area contributed by atoms with Gasteiger partial charge in [0.15, 0.2) is 0 Å². The van der Waals surface area contributed by atoms with Crippen LogP contribution in [0.25, 0.3) is 0 Å². The molecule has 0 heterocycles. The van der Waals surface area contributed by atoms with Gasteiger partial charge in [-0.05, 0) is 32.6 Å². The number of carboxylic acid groups (broad SMARTS) is 1. The summed E-state index contributed by atoms with van der Waals surface area (Å²) in [6, 6.07) is -0.169. The van der Waals surface area contributed by atoms with E-state index in [1.54, 1.807) is 0 Å². The lowest BCUT2D eigenvalue weighted by Gasteiger charge is -2.33. The minimum absolute atomic E-state index is 0.00859. The van der Waals surface area contributed by atoms with Crippen molar-refractivity contribution in [3.63, 3.8) is 0 Å². The van der Waals surface area contributed by atoms with E-state index in [-0.39, 0.29) is 24.4 Å². The quantitative estimate of drug-likeness (QED) is 0.721. The molecule has 1 aliphatic carbocycles. The first kappa shape index (κ1) is 18.0. The van der Waals surface area contributed by atoms with Crippen molar-refractivity contribution in [1.82, 2.24) is 10.2 Å². The summed E-state index contributed by atoms with van der Waals surface area (Å²) in [5, 5.41) is 12.2. The Morgan fingerprint density at radius 3 is 2.24 bits per heavy atom. The Hall–Kier alpha value is -1.10. The number of hydrogen-bond donors (Lipinski definition) is 2. The van der Waals surface area contributed by atoms with Gasteiger partial charge in [0.2, 0.25) is 5.91 Å². The van der Waals surface area contributed by atoms with Gasteiger partial charge in [-0.25, -0.2) is 0 Å². The predicted octanol–water partition coefficient (Wildman–Crippen LogP) is 2.25. The number of carbonyl (C=O) groups is 2. The van der Waals surface area contributed by atoms with Crippen LogP contribution in [0.2, 0.25) is 0 Å². The standard InChI is InChI=1S/C16H30N2O3/c1-5-12(4)15(16(20)21)17-10-14(19)18(11(2)3)13-8-6-7-9-13/h11-13,15,17H,5-10H2,1-4H3,(H,20,21)/t12-,15-/m0/s1. The van der Waals surface area contributed by atoms with E-state index in [1.165, 1.54) is 12.8 Å². The van der Waals surface area contributed by atoms with Gasteiger partial charge in [-0.1, -0.05) is 33.1 Å². The maximum absolute atomic E-state index is 12.5. The summed E-state index contributed by atoms with van der Waals surface area (Å²) in [5.74, 6) is -0.852. The van der Waals surface area contributed by atoms with Crippen LogP contribution in [0.1, 0.15) is 59.8 Å². The van der Waals surface area contributed by atoms with E-state index in [1.807, 2.05) is 32.6 Å². The summed E-state index contributed by atoms with van der Waals surface area (Å²) in [5.41, 5.74) is 0. The number of nitrogens with one attached hydrogen (secondary N) is 1. The fraction of sp³-hybridized carbons (Fsp3) is 0.875. The zero-order valence-electron chi connectivity index (χ0n) is 13.8. The first-order chi connectivity index (χ1) is 9.88. The second-order valence-corrected chi connectivity index (χ2v) is 6.42. The van der Waals surface area contributed by atoms with Crippen LogP contribution < -0.4 is 5.32 Å². The highest BCUT2D eigenvalue weighted by Gasteiger charge is 2.30. The molecule has 0 radical (unpaired) electrons. The third kappa shape index (κ3) is 4.99. The van der Waals surface area contributed by atoms with Gasteiger partial charge in [-0.2, -0.15) is 0 Å². The number of nitrogens with zero attached hydrogens (tertiary/aromatic N) is 1. The van der Waals surface area contributed by atoms with Crippen LogP contribution in [-0.2, 0) is 9.59 Å². The normalized spacial score (nSPS) is 18.7. The molecule has 1 aliphatic rings. The first-order valence-corrected chi connectivity index (χ1v) is 8.15. The first-order valence-electron chi connectivity index (χ1n) is 8.15. The smallest absolute Gasteiger partial charge is 0.320 e. The molecule has 122 valence electrons. The molecule has 2 N–H and O–H groups in total. The number of amides is 1. The van der Waals surface area contributed by atoms with Gasteiger partial charge in [0.25, 0.3) is 0 Å². The van der Waals surface area contributed by atoms with Gasteiger partial charge in [-0.15, -0.1) is 0 Å². The van der Waals surface area contributed by atoms with Gasteiger partial charge in [0, 0.05) is 12.1 Å². The summed E-state index contributed by atoms with van der Waals surface area (Å²) in [6.07, 6.45) is 5.27. The van der Waals surface area contributed by atoms with E-state index in [0.29, 0.717) is 6.04 Å². The highest BCUT2D eigenvalue weighted by Crippen LogP contribution is 2.25. The topological polar surface area (TPSA) is 69.6 Å². The molecule has 0 spiro atoms. The van der Waals surface area contributed by atoms with Crippen molar-refractivity contribution in [2.45, 2.75) is 77.9 Å². The Morgan fingerprint density at radius 1 is 1.24 bits per heavy atom. The van der Waals surface area contributed by atoms with Crippen molar-refractivity contribution in [1.29, 1.82) is 0 Å². The molecule has 0 bridgehead atoms. The molecule has 0 unspecified atom stereocenters. The van der Waals surface area contributed by atoms with Crippen LogP contribution >= 0.6 is 0 Å². The molecule has 2 atom stereocenters. The number of carbonyl (C=O) groups excluding carboxylic acids is 1. The third-order valence-electron chi connectivity index (χ3n) is 4.51. The maximum Gasteiger partial charge on any atom is 0.320 e. The molecular weight excluding hydrogens is 268 g/mol. The number of rotatable bonds is 8. The molecule has 0 aromatic rings. The van der Waals surface area contributed by atoms with Crippen LogP contribution in [0.5, 0.6) is 0 Å². The Morgan fingerprint density at radius 2 is 1.81 bits per heavy atom. The number of aliphatic carboxylic acids is 1. The molecule has 1 amide bonds. The molecule has 0 aromatic carbocycles. The summed E-state index contributed by atoms with van der Waals surface area (Å²) >= 11 is 0. The minimum Gasteiger partial charge on any atom is -0.480 e. The van der Waals surface area contributed by atoms with Crippen LogP contribution in [0, 0.1) is 5.92 Å². The van der Waals surface area contributed by atoms with Gasteiger partial charge in [0.05, 0.1) is 6.54 Å². The highest BCUT2D eigenvalue weighted by atomic mass is 16.4. The van der Waals surface area contributed by atoms with Crippen molar-refractivity contribution >= 4 is 11.9 Å². The fourth-order valence-electron chi connectivity index (χ4n) is 3.15. The summed E-state index contributed by atoms with van der Waals surface area (Å²) in [6.45, 7) is 8.02. The Balaban J connectivity index is 2.62. The van der Waals surface area contributed by atoms with Crippen LogP contribution in [0.4, 0.5) is 0 Å². The Bertz CT molecular complexity index is 351. The zero-order chi connectivity index (χ0) is 16.0. The zero-order valence-corrected chi connectivity index (χ0v) is 13.8. The molecule has 1 fully saturated rings. The predicted molar refractivity (Wildman–Crippen MR) is 83.1 cm³/mol. The molecule has 5 nitrogen and oxygen atoms in total. The maximum atomic E-state index is 12.5. The van der Waals surface area contributed by atoms with Crippen LogP contribution in [0.15, 0.2) is 0 Å². The lowest BCUT2D eigenvalue weighted by atomic mass is 9.99. The highest BCUT2D eigenvalue weighted by molar-refractivity contribution is 5.80. The van der Waals surface area contributed by atoms with Crippen molar-refractivity contribution in [2.24, 2.45) is 5.92 Å². The minimum atomic E-state index is -0.880. The van der Waals surface area contributed by atoms with E-state index < -0.39 is 12.0 Å². The largest absolute Gasteiger partial charge is 0.480 e. The van der Waals surface area contributed by atoms with Crippen LogP contribution in [-0.4, -0.2) is 46.6 Å². The van der Waals surface area contributed by atoms with E-state index in [9.17, 15) is 14.7 Å². The average Bonchev–Trinajstić information content (AvgIpc) is 2.91. The summed E-state index contributed by atoms with van der Waals surface area (Å²) in [7, 11) is 0. The molecule has 0 aromatic heterocycles. The Labute approximate surface area is 128 Å². The monoisotopic (exact) mass is 298 g/mol. The molecule has 21 heavy (non-hydrogen) atoms. The number of carboxylic acids is 1. The second kappa shape index (κ2) is 8.37. The molecule has 1 rings (SSSR count). The SMILES string of the molecule is CC[C@H](C)[C@H](NCC(=O)N(C(C)C)C1CCCC1)C(=O)O. The molecule has 1 saturated carbocycles. The molecule has 5 heteroatoms. The molecule has 0 saturated heterocycles. The van der Waals surface area contributed by atoms with Crippen LogP contribution in [0.3, 0.4) is 0 Å². The molecule has 0 aliphatic heterocycles. The summed E-state index contributed by atoms with van der Waals surface area (Å²) in [4.78, 5) is 25.7. The van der Waals surface area contributed by atoms with E-state index >= 15 is 0 Å².